The standard InChI is InChI=1S/C23H28Si.2C5H10.Zr/c1-5-6-15-22(19-24(2,3)4)23(21-16-11-8-12-17-21)18-20-13-9-7-10-14-20;2*1-2-4-5-3-1;/h7-14,16-17H,5-6,15H2,1-4H3;2*1-5H2;/q-2;;;+4. The number of unbranched alkanes of at least 4 members (excludes halogenated alkanes) is 1. The fourth-order valence-electron chi connectivity index (χ4n) is 4.42. The van der Waals surface area contributed by atoms with Crippen LogP contribution >= 0.6 is 0 Å². The normalized spacial score (nSPS) is 15.9. The maximum Gasteiger partial charge on any atom is 4.00 e. The average molecular weight is 564 g/mol. The van der Waals surface area contributed by atoms with Gasteiger partial charge in [-0.05, 0) is 8.07 Å². The van der Waals surface area contributed by atoms with Gasteiger partial charge in [-0.3, -0.25) is 11.1 Å². The zero-order valence-electron chi connectivity index (χ0n) is 23.0. The van der Waals surface area contributed by atoms with E-state index in [0.717, 1.165) is 12.0 Å². The molecule has 0 aromatic heterocycles. The van der Waals surface area contributed by atoms with Crippen molar-refractivity contribution in [3.05, 3.63) is 89.1 Å². The van der Waals surface area contributed by atoms with Gasteiger partial charge < -0.3 is 5.70 Å². The second-order valence-corrected chi connectivity index (χ2v) is 15.5. The Morgan fingerprint density at radius 3 is 1.51 bits per heavy atom. The third-order valence-corrected chi connectivity index (χ3v) is 7.27. The molecule has 0 heterocycles. The molecule has 2 aromatic rings. The van der Waals surface area contributed by atoms with Crippen molar-refractivity contribution < 1.29 is 26.2 Å². The Bertz CT molecular complexity index is 797. The minimum Gasteiger partial charge on any atom is -0.317 e. The number of hydrogen-bond donors (Lipinski definition) is 0. The molecule has 2 saturated carbocycles. The Morgan fingerprint density at radius 1 is 0.686 bits per heavy atom. The largest absolute Gasteiger partial charge is 4.00 e. The van der Waals surface area contributed by atoms with Crippen molar-refractivity contribution in [2.24, 2.45) is 0 Å². The topological polar surface area (TPSA) is 0 Å². The predicted octanol–water partition coefficient (Wildman–Crippen LogP) is 10.6. The Balaban J connectivity index is 0.000000456. The van der Waals surface area contributed by atoms with Crippen LogP contribution in [0.3, 0.4) is 0 Å². The monoisotopic (exact) mass is 562 g/mol. The first-order valence-corrected chi connectivity index (χ1v) is 17.4. The van der Waals surface area contributed by atoms with Gasteiger partial charge in [0.2, 0.25) is 0 Å². The van der Waals surface area contributed by atoms with Gasteiger partial charge in [0.05, 0.1) is 0 Å². The summed E-state index contributed by atoms with van der Waals surface area (Å²) in [7, 11) is -1.43. The van der Waals surface area contributed by atoms with Crippen LogP contribution in [0.25, 0.3) is 5.57 Å². The van der Waals surface area contributed by atoms with Crippen LogP contribution in [0.5, 0.6) is 0 Å². The van der Waals surface area contributed by atoms with Crippen LogP contribution in [0, 0.1) is 11.8 Å². The zero-order chi connectivity index (χ0) is 24.5. The summed E-state index contributed by atoms with van der Waals surface area (Å²) in [6, 6.07) is 21.1. The molecule has 2 heteroatoms. The summed E-state index contributed by atoms with van der Waals surface area (Å²) in [5.41, 5.74) is 8.77. The fraction of sp³-hybridized carbons (Fsp3) is 0.515. The second kappa shape index (κ2) is 19.2. The first kappa shape index (κ1) is 32.0. The van der Waals surface area contributed by atoms with Crippen molar-refractivity contribution in [1.29, 1.82) is 0 Å². The molecule has 0 bridgehead atoms. The summed E-state index contributed by atoms with van der Waals surface area (Å²) in [6.07, 6.45) is 22.1. The first-order valence-electron chi connectivity index (χ1n) is 13.9. The molecule has 2 fully saturated rings. The van der Waals surface area contributed by atoms with Gasteiger partial charge >= 0.3 is 26.2 Å². The van der Waals surface area contributed by atoms with Gasteiger partial charge in [0, 0.05) is 0 Å². The van der Waals surface area contributed by atoms with Gasteiger partial charge in [0.15, 0.2) is 0 Å². The molecule has 0 unspecified atom stereocenters. The van der Waals surface area contributed by atoms with Crippen LogP contribution in [0.2, 0.25) is 19.6 Å². The van der Waals surface area contributed by atoms with Gasteiger partial charge in [-0.2, -0.15) is 5.56 Å². The molecule has 2 aromatic carbocycles. The van der Waals surface area contributed by atoms with Crippen LogP contribution in [0.15, 0.2) is 66.2 Å². The molecule has 0 aliphatic heterocycles. The summed E-state index contributed by atoms with van der Waals surface area (Å²) in [4.78, 5) is 0. The maximum absolute atomic E-state index is 3.87. The molecule has 0 N–H and O–H groups in total. The van der Waals surface area contributed by atoms with E-state index >= 15 is 0 Å². The minimum atomic E-state index is -1.43. The Morgan fingerprint density at radius 2 is 1.11 bits per heavy atom. The van der Waals surface area contributed by atoms with Crippen molar-refractivity contribution in [3.63, 3.8) is 0 Å². The molecule has 4 rings (SSSR count). The average Bonchev–Trinajstić information content (AvgIpc) is 3.60. The molecule has 0 saturated heterocycles. The van der Waals surface area contributed by atoms with Crippen LogP contribution in [0.4, 0.5) is 0 Å². The quantitative estimate of drug-likeness (QED) is 0.136. The molecule has 2 aliphatic carbocycles. The number of allylic oxidation sites excluding steroid dienone is 2. The van der Waals surface area contributed by atoms with E-state index in [2.05, 4.69) is 99.0 Å². The van der Waals surface area contributed by atoms with Crippen LogP contribution in [-0.2, 0) is 26.2 Å². The van der Waals surface area contributed by atoms with E-state index in [1.807, 2.05) is 0 Å². The Kier molecular flexibility index (Phi) is 17.6. The molecule has 186 valence electrons. The van der Waals surface area contributed by atoms with E-state index in [-0.39, 0.29) is 26.2 Å². The van der Waals surface area contributed by atoms with Gasteiger partial charge in [-0.25, -0.2) is 6.08 Å². The number of hydrogen-bond acceptors (Lipinski definition) is 0. The summed E-state index contributed by atoms with van der Waals surface area (Å²) in [5, 5.41) is 0. The van der Waals surface area contributed by atoms with Gasteiger partial charge in [0.1, 0.15) is 0 Å². The zero-order valence-corrected chi connectivity index (χ0v) is 26.4. The molecule has 0 radical (unpaired) electrons. The van der Waals surface area contributed by atoms with Crippen molar-refractivity contribution in [2.45, 2.75) is 110 Å². The predicted molar refractivity (Wildman–Crippen MR) is 154 cm³/mol. The Labute approximate surface area is 237 Å². The summed E-state index contributed by atoms with van der Waals surface area (Å²) >= 11 is 0. The van der Waals surface area contributed by atoms with E-state index in [1.54, 1.807) is 0 Å². The Hall–Kier alpha value is -0.980. The van der Waals surface area contributed by atoms with Crippen LogP contribution < -0.4 is 0 Å². The molecule has 0 atom stereocenters. The van der Waals surface area contributed by atoms with Crippen LogP contribution in [-0.4, -0.2) is 8.07 Å². The first-order chi connectivity index (χ1) is 16.5. The summed E-state index contributed by atoms with van der Waals surface area (Å²) < 4.78 is 0. The molecular formula is C33H48SiZr+2. The van der Waals surface area contributed by atoms with E-state index in [9.17, 15) is 0 Å². The van der Waals surface area contributed by atoms with Crippen molar-refractivity contribution in [1.82, 2.24) is 0 Å². The maximum atomic E-state index is 3.87. The van der Waals surface area contributed by atoms with E-state index in [4.69, 9.17) is 0 Å². The molecule has 2 aliphatic rings. The summed E-state index contributed by atoms with van der Waals surface area (Å²) in [5.74, 6) is 0. The van der Waals surface area contributed by atoms with Crippen molar-refractivity contribution in [3.8, 4) is 0 Å². The van der Waals surface area contributed by atoms with Gasteiger partial charge in [-0.15, -0.1) is 29.8 Å². The summed E-state index contributed by atoms with van der Waals surface area (Å²) in [6.45, 7) is 9.30. The van der Waals surface area contributed by atoms with E-state index in [1.165, 1.54) is 93.8 Å². The van der Waals surface area contributed by atoms with E-state index in [0.29, 0.717) is 0 Å². The second-order valence-electron chi connectivity index (χ2n) is 10.7. The van der Waals surface area contributed by atoms with Crippen molar-refractivity contribution >= 4 is 13.6 Å². The van der Waals surface area contributed by atoms with E-state index < -0.39 is 8.07 Å². The SMILES string of the molecule is C1CCCC1.C1CCCC1.CCCCC(=[C-][Si](C)(C)C)C(=[C-]c1ccccc1)c1ccccc1.[Zr+4]. The van der Waals surface area contributed by atoms with Crippen molar-refractivity contribution in [2.75, 3.05) is 0 Å². The van der Waals surface area contributed by atoms with Gasteiger partial charge in [-0.1, -0.05) is 146 Å². The third-order valence-electron chi connectivity index (χ3n) is 6.21. The minimum absolute atomic E-state index is 0. The molecule has 0 spiro atoms. The fourth-order valence-corrected chi connectivity index (χ4v) is 5.57. The molecule has 0 amide bonds. The molecule has 35 heavy (non-hydrogen) atoms. The smallest absolute Gasteiger partial charge is 0.317 e. The third kappa shape index (κ3) is 15.0. The van der Waals surface area contributed by atoms with Crippen LogP contribution in [0.1, 0.15) is 102 Å². The molecule has 0 nitrogen and oxygen atoms in total. The number of benzene rings is 2. The number of rotatable bonds is 7. The van der Waals surface area contributed by atoms with Gasteiger partial charge in [0.25, 0.3) is 0 Å². The molecular weight excluding hydrogens is 516 g/mol.